The summed E-state index contributed by atoms with van der Waals surface area (Å²) < 4.78 is 16.5. The number of nitrogens with one attached hydrogen (secondary N) is 3. The van der Waals surface area contributed by atoms with E-state index in [1.165, 1.54) is 12.3 Å². The van der Waals surface area contributed by atoms with E-state index in [1.54, 1.807) is 36.8 Å². The summed E-state index contributed by atoms with van der Waals surface area (Å²) in [6.45, 7) is 0.622. The summed E-state index contributed by atoms with van der Waals surface area (Å²) in [5.41, 5.74) is 3.84. The van der Waals surface area contributed by atoms with Crippen molar-refractivity contribution in [3.8, 4) is 11.3 Å². The van der Waals surface area contributed by atoms with Gasteiger partial charge in [0.15, 0.2) is 0 Å². The van der Waals surface area contributed by atoms with Crippen molar-refractivity contribution < 1.29 is 9.00 Å². The SMILES string of the molecule is CN(C)C/C=C/C(=O)Nc1cc(N=S(C)(C)=O)ccc1Nc1ncc(Cl)c(-c2c[nH]c3ccccc23)n1. The van der Waals surface area contributed by atoms with Gasteiger partial charge in [-0.15, -0.1) is 0 Å². The minimum Gasteiger partial charge on any atom is -0.360 e. The zero-order valence-corrected chi connectivity index (χ0v) is 22.5. The van der Waals surface area contributed by atoms with Gasteiger partial charge in [0.2, 0.25) is 11.9 Å². The first kappa shape index (κ1) is 26.3. The number of carbonyl (C=O) groups is 1. The topological polar surface area (TPSA) is 115 Å². The second-order valence-electron chi connectivity index (χ2n) is 8.92. The average molecular weight is 538 g/mol. The molecule has 0 saturated carbocycles. The Balaban J connectivity index is 1.69. The highest BCUT2D eigenvalue weighted by Gasteiger charge is 2.14. The van der Waals surface area contributed by atoms with Crippen LogP contribution in [0.25, 0.3) is 22.2 Å². The Morgan fingerprint density at radius 1 is 1.19 bits per heavy atom. The molecule has 0 aliphatic carbocycles. The maximum Gasteiger partial charge on any atom is 0.248 e. The van der Waals surface area contributed by atoms with Crippen LogP contribution in [-0.2, 0) is 14.5 Å². The number of aromatic nitrogens is 3. The van der Waals surface area contributed by atoms with Crippen LogP contribution >= 0.6 is 11.6 Å². The van der Waals surface area contributed by atoms with Crippen LogP contribution < -0.4 is 10.6 Å². The highest BCUT2D eigenvalue weighted by molar-refractivity contribution is 7.92. The predicted octanol–water partition coefficient (Wildman–Crippen LogP) is 5.44. The lowest BCUT2D eigenvalue weighted by Gasteiger charge is -2.13. The number of hydrogen-bond acceptors (Lipinski definition) is 7. The molecule has 2 heterocycles. The average Bonchev–Trinajstić information content (AvgIpc) is 3.24. The second kappa shape index (κ2) is 11.1. The summed E-state index contributed by atoms with van der Waals surface area (Å²) in [5, 5.41) is 7.42. The summed E-state index contributed by atoms with van der Waals surface area (Å²) in [7, 11) is 1.44. The number of fused-ring (bicyclic) bond motifs is 1. The molecule has 4 rings (SSSR count). The molecule has 0 aliphatic rings. The van der Waals surface area contributed by atoms with E-state index in [4.69, 9.17) is 11.6 Å². The van der Waals surface area contributed by atoms with Crippen molar-refractivity contribution in [2.75, 3.05) is 43.8 Å². The van der Waals surface area contributed by atoms with Crippen molar-refractivity contribution in [1.29, 1.82) is 0 Å². The van der Waals surface area contributed by atoms with Crippen molar-refractivity contribution >= 4 is 61.2 Å². The van der Waals surface area contributed by atoms with Crippen LogP contribution in [0.1, 0.15) is 0 Å². The molecule has 0 fully saturated rings. The molecule has 4 aromatic rings. The first-order valence-electron chi connectivity index (χ1n) is 11.4. The molecule has 11 heteroatoms. The molecule has 0 unspecified atom stereocenters. The number of H-pyrrole nitrogens is 1. The molecule has 0 saturated heterocycles. The van der Waals surface area contributed by atoms with Crippen LogP contribution in [0.2, 0.25) is 5.02 Å². The van der Waals surface area contributed by atoms with Crippen LogP contribution in [0.5, 0.6) is 0 Å². The number of benzene rings is 2. The Hall–Kier alpha value is -3.73. The van der Waals surface area contributed by atoms with Crippen molar-refractivity contribution in [2.45, 2.75) is 0 Å². The van der Waals surface area contributed by atoms with Gasteiger partial charge >= 0.3 is 0 Å². The number of anilines is 3. The smallest absolute Gasteiger partial charge is 0.248 e. The van der Waals surface area contributed by atoms with Crippen molar-refractivity contribution in [3.05, 3.63) is 72.0 Å². The van der Waals surface area contributed by atoms with Crippen LogP contribution in [-0.4, -0.2) is 63.1 Å². The van der Waals surface area contributed by atoms with E-state index >= 15 is 0 Å². The Morgan fingerprint density at radius 2 is 1.97 bits per heavy atom. The van der Waals surface area contributed by atoms with E-state index < -0.39 is 9.73 Å². The van der Waals surface area contributed by atoms with Crippen LogP contribution in [0, 0.1) is 0 Å². The van der Waals surface area contributed by atoms with Gasteiger partial charge in [-0.1, -0.05) is 35.9 Å². The number of halogens is 1. The van der Waals surface area contributed by atoms with Gasteiger partial charge in [-0.25, -0.2) is 14.2 Å². The first-order valence-corrected chi connectivity index (χ1v) is 14.1. The number of rotatable bonds is 8. The van der Waals surface area contributed by atoms with Crippen molar-refractivity contribution in [3.63, 3.8) is 0 Å². The number of nitrogens with zero attached hydrogens (tertiary/aromatic N) is 4. The highest BCUT2D eigenvalue weighted by atomic mass is 35.5. The molecule has 0 bridgehead atoms. The summed E-state index contributed by atoms with van der Waals surface area (Å²) in [4.78, 5) is 26.8. The van der Waals surface area contributed by atoms with Gasteiger partial charge in [0, 0.05) is 57.5 Å². The van der Waals surface area contributed by atoms with E-state index in [0.717, 1.165) is 16.5 Å². The van der Waals surface area contributed by atoms with E-state index in [2.05, 4.69) is 29.9 Å². The molecule has 0 spiro atoms. The Bertz CT molecular complexity index is 1600. The molecule has 3 N–H and O–H groups in total. The fraction of sp³-hybridized carbons (Fsp3) is 0.192. The number of likely N-dealkylation sites (N-methyl/N-ethyl adjacent to an activating group) is 1. The second-order valence-corrected chi connectivity index (χ2v) is 11.9. The number of amides is 1. The fourth-order valence-electron chi connectivity index (χ4n) is 3.60. The van der Waals surface area contributed by atoms with E-state index in [1.807, 2.05) is 49.5 Å². The van der Waals surface area contributed by atoms with Gasteiger partial charge in [0.05, 0.1) is 34.0 Å². The van der Waals surface area contributed by atoms with E-state index in [0.29, 0.717) is 40.3 Å². The predicted molar refractivity (Wildman–Crippen MR) is 152 cm³/mol. The third-order valence-corrected chi connectivity index (χ3v) is 6.09. The Morgan fingerprint density at radius 3 is 2.73 bits per heavy atom. The minimum atomic E-state index is -2.39. The normalized spacial score (nSPS) is 11.8. The van der Waals surface area contributed by atoms with E-state index in [-0.39, 0.29) is 5.91 Å². The fourth-order valence-corrected chi connectivity index (χ4v) is 4.42. The third kappa shape index (κ3) is 6.94. The molecular formula is C26H28ClN7O2S. The summed E-state index contributed by atoms with van der Waals surface area (Å²) in [5.74, 6) is -0.0184. The number of carbonyl (C=O) groups excluding carboxylic acids is 1. The zero-order chi connectivity index (χ0) is 26.6. The van der Waals surface area contributed by atoms with Crippen LogP contribution in [0.3, 0.4) is 0 Å². The van der Waals surface area contributed by atoms with Crippen LogP contribution in [0.15, 0.2) is 71.4 Å². The van der Waals surface area contributed by atoms with Gasteiger partial charge in [-0.2, -0.15) is 4.36 Å². The summed E-state index contributed by atoms with van der Waals surface area (Å²) in [6, 6.07) is 13.0. The van der Waals surface area contributed by atoms with Gasteiger partial charge in [-0.3, -0.25) is 4.79 Å². The molecule has 0 aliphatic heterocycles. The van der Waals surface area contributed by atoms with Gasteiger partial charge in [0.1, 0.15) is 0 Å². The molecule has 1 amide bonds. The lowest BCUT2D eigenvalue weighted by molar-refractivity contribution is -0.111. The van der Waals surface area contributed by atoms with Gasteiger partial charge in [0.25, 0.3) is 0 Å². The molecule has 192 valence electrons. The highest BCUT2D eigenvalue weighted by Crippen LogP contribution is 2.34. The molecule has 2 aromatic carbocycles. The lowest BCUT2D eigenvalue weighted by atomic mass is 10.1. The number of aromatic amines is 1. The standard InChI is InChI=1S/C26H28ClN7O2S/c1-34(2)13-7-10-24(35)30-23-14-17(33-37(3,4)36)11-12-22(23)31-26-29-16-20(27)25(32-26)19-15-28-21-9-6-5-8-18(19)21/h5-12,14-16,28H,13H2,1-4H3,(H,30,35)(H,29,31,32)/b10-7+. The van der Waals surface area contributed by atoms with Crippen molar-refractivity contribution in [1.82, 2.24) is 19.9 Å². The van der Waals surface area contributed by atoms with E-state index in [9.17, 15) is 9.00 Å². The lowest BCUT2D eigenvalue weighted by Crippen LogP contribution is -2.13. The summed E-state index contributed by atoms with van der Waals surface area (Å²) in [6.07, 6.45) is 9.72. The molecule has 0 radical (unpaired) electrons. The zero-order valence-electron chi connectivity index (χ0n) is 20.9. The summed E-state index contributed by atoms with van der Waals surface area (Å²) >= 11 is 6.47. The molecule has 9 nitrogen and oxygen atoms in total. The molecule has 2 aromatic heterocycles. The quantitative estimate of drug-likeness (QED) is 0.258. The number of para-hydroxylation sites is 1. The number of hydrogen-bond donors (Lipinski definition) is 3. The maximum absolute atomic E-state index is 12.6. The maximum atomic E-state index is 12.6. The molecule has 37 heavy (non-hydrogen) atoms. The largest absolute Gasteiger partial charge is 0.360 e. The molecule has 0 atom stereocenters. The minimum absolute atomic E-state index is 0.294. The Kier molecular flexibility index (Phi) is 7.91. The first-order chi connectivity index (χ1) is 17.6. The van der Waals surface area contributed by atoms with Gasteiger partial charge < -0.3 is 20.5 Å². The molecular weight excluding hydrogens is 510 g/mol. The van der Waals surface area contributed by atoms with Gasteiger partial charge in [-0.05, 0) is 38.4 Å². The monoisotopic (exact) mass is 537 g/mol. The van der Waals surface area contributed by atoms with Crippen LogP contribution in [0.4, 0.5) is 23.0 Å². The Labute approximate surface area is 221 Å². The van der Waals surface area contributed by atoms with Crippen molar-refractivity contribution in [2.24, 2.45) is 4.36 Å². The third-order valence-electron chi connectivity index (χ3n) is 5.16.